The normalized spacial score (nSPS) is 19.3. The summed E-state index contributed by atoms with van der Waals surface area (Å²) in [5.74, 6) is 0.404. The molecule has 1 aliphatic heterocycles. The summed E-state index contributed by atoms with van der Waals surface area (Å²) < 4.78 is 0. The van der Waals surface area contributed by atoms with Crippen LogP contribution >= 0.6 is 0 Å². The minimum absolute atomic E-state index is 0.404. The van der Waals surface area contributed by atoms with E-state index >= 15 is 0 Å². The third-order valence-electron chi connectivity index (χ3n) is 4.42. The summed E-state index contributed by atoms with van der Waals surface area (Å²) in [6.07, 6.45) is 13.1. The van der Waals surface area contributed by atoms with Crippen molar-refractivity contribution < 1.29 is 4.79 Å². The van der Waals surface area contributed by atoms with Crippen LogP contribution in [0.2, 0.25) is 0 Å². The molecule has 3 nitrogen and oxygen atoms in total. The molecule has 20 heavy (non-hydrogen) atoms. The zero-order valence-electron chi connectivity index (χ0n) is 13.6. The highest BCUT2D eigenvalue weighted by molar-refractivity contribution is 5.76. The van der Waals surface area contributed by atoms with Gasteiger partial charge in [0.1, 0.15) is 0 Å². The van der Waals surface area contributed by atoms with Gasteiger partial charge in [-0.25, -0.2) is 0 Å². The molecule has 0 aliphatic carbocycles. The third-order valence-corrected chi connectivity index (χ3v) is 4.42. The van der Waals surface area contributed by atoms with Gasteiger partial charge in [0.25, 0.3) is 0 Å². The zero-order valence-corrected chi connectivity index (χ0v) is 13.6. The Balaban J connectivity index is 2.21. The number of hydrogen-bond donors (Lipinski definition) is 1. The second-order valence-electron chi connectivity index (χ2n) is 6.15. The molecule has 0 radical (unpaired) electrons. The Morgan fingerprint density at radius 3 is 2.65 bits per heavy atom. The monoisotopic (exact) mass is 282 g/mol. The van der Waals surface area contributed by atoms with E-state index < -0.39 is 0 Å². The number of carbonyl (C=O) groups excluding carboxylic acids is 1. The minimum atomic E-state index is 0.404. The first-order chi connectivity index (χ1) is 9.79. The molecule has 1 amide bonds. The number of hydrogen-bond acceptors (Lipinski definition) is 2. The average Bonchev–Trinajstić information content (AvgIpc) is 2.48. The standard InChI is InChI=1S/C17H34N2O/c1-3-4-5-6-7-8-12-17(20)19-15-10-9-11-16(19)13-14-18-2/h16,18H,3-15H2,1-2H3. The van der Waals surface area contributed by atoms with Crippen molar-refractivity contribution in [1.82, 2.24) is 10.2 Å². The lowest BCUT2D eigenvalue weighted by Crippen LogP contribution is -2.44. The molecule has 1 aliphatic rings. The van der Waals surface area contributed by atoms with E-state index in [0.717, 1.165) is 32.4 Å². The lowest BCUT2D eigenvalue weighted by Gasteiger charge is -2.36. The summed E-state index contributed by atoms with van der Waals surface area (Å²) >= 11 is 0. The van der Waals surface area contributed by atoms with Crippen molar-refractivity contribution in [2.75, 3.05) is 20.1 Å². The largest absolute Gasteiger partial charge is 0.340 e. The van der Waals surface area contributed by atoms with Crippen LogP contribution in [0.15, 0.2) is 0 Å². The molecule has 0 aromatic rings. The number of nitrogens with zero attached hydrogens (tertiary/aromatic N) is 1. The molecule has 1 heterocycles. The van der Waals surface area contributed by atoms with Gasteiger partial charge >= 0.3 is 0 Å². The number of piperidine rings is 1. The van der Waals surface area contributed by atoms with Crippen molar-refractivity contribution in [3.8, 4) is 0 Å². The van der Waals surface area contributed by atoms with Gasteiger partial charge in [-0.2, -0.15) is 0 Å². The summed E-state index contributed by atoms with van der Waals surface area (Å²) in [6, 6.07) is 0.490. The fraction of sp³-hybridized carbons (Fsp3) is 0.941. The van der Waals surface area contributed by atoms with Crippen molar-refractivity contribution >= 4 is 5.91 Å². The van der Waals surface area contributed by atoms with E-state index in [4.69, 9.17) is 0 Å². The average molecular weight is 282 g/mol. The van der Waals surface area contributed by atoms with Crippen LogP contribution in [0.25, 0.3) is 0 Å². The predicted octanol–water partition coefficient (Wildman–Crippen LogP) is 3.73. The van der Waals surface area contributed by atoms with E-state index in [1.165, 1.54) is 51.4 Å². The summed E-state index contributed by atoms with van der Waals surface area (Å²) in [6.45, 7) is 4.25. The number of likely N-dealkylation sites (tertiary alicyclic amines) is 1. The first kappa shape index (κ1) is 17.5. The molecule has 1 atom stereocenters. The van der Waals surface area contributed by atoms with Crippen molar-refractivity contribution in [3.63, 3.8) is 0 Å². The van der Waals surface area contributed by atoms with Crippen LogP contribution in [0.5, 0.6) is 0 Å². The van der Waals surface area contributed by atoms with Crippen molar-refractivity contribution in [2.45, 2.75) is 83.6 Å². The SMILES string of the molecule is CCCCCCCCC(=O)N1CCCCC1CCNC. The molecular formula is C17H34N2O. The predicted molar refractivity (Wildman–Crippen MR) is 85.9 cm³/mol. The summed E-state index contributed by atoms with van der Waals surface area (Å²) in [7, 11) is 1.99. The molecular weight excluding hydrogens is 248 g/mol. The second-order valence-corrected chi connectivity index (χ2v) is 6.15. The van der Waals surface area contributed by atoms with Crippen LogP contribution in [0.4, 0.5) is 0 Å². The maximum absolute atomic E-state index is 12.4. The van der Waals surface area contributed by atoms with Gasteiger partial charge in [-0.15, -0.1) is 0 Å². The van der Waals surface area contributed by atoms with Crippen LogP contribution < -0.4 is 5.32 Å². The van der Waals surface area contributed by atoms with Crippen molar-refractivity contribution in [2.24, 2.45) is 0 Å². The number of nitrogens with one attached hydrogen (secondary N) is 1. The molecule has 0 saturated carbocycles. The first-order valence-electron chi connectivity index (χ1n) is 8.73. The Morgan fingerprint density at radius 2 is 1.90 bits per heavy atom. The fourth-order valence-corrected chi connectivity index (χ4v) is 3.14. The van der Waals surface area contributed by atoms with Gasteiger partial charge in [-0.05, 0) is 45.7 Å². The lowest BCUT2D eigenvalue weighted by atomic mass is 9.98. The summed E-state index contributed by atoms with van der Waals surface area (Å²) in [5, 5.41) is 3.21. The van der Waals surface area contributed by atoms with Crippen molar-refractivity contribution in [3.05, 3.63) is 0 Å². The molecule has 1 unspecified atom stereocenters. The lowest BCUT2D eigenvalue weighted by molar-refractivity contribution is -0.135. The molecule has 0 spiro atoms. The van der Waals surface area contributed by atoms with E-state index in [9.17, 15) is 4.79 Å². The van der Waals surface area contributed by atoms with Crippen LogP contribution in [-0.4, -0.2) is 37.0 Å². The quantitative estimate of drug-likeness (QED) is 0.619. The zero-order chi connectivity index (χ0) is 14.6. The highest BCUT2D eigenvalue weighted by Crippen LogP contribution is 2.21. The highest BCUT2D eigenvalue weighted by Gasteiger charge is 2.25. The first-order valence-corrected chi connectivity index (χ1v) is 8.73. The molecule has 1 N–H and O–H groups in total. The smallest absolute Gasteiger partial charge is 0.222 e. The minimum Gasteiger partial charge on any atom is -0.340 e. The maximum Gasteiger partial charge on any atom is 0.222 e. The molecule has 1 fully saturated rings. The molecule has 1 saturated heterocycles. The molecule has 0 bridgehead atoms. The van der Waals surface area contributed by atoms with Gasteiger partial charge < -0.3 is 10.2 Å². The molecule has 0 aromatic heterocycles. The highest BCUT2D eigenvalue weighted by atomic mass is 16.2. The third kappa shape index (κ3) is 6.74. The summed E-state index contributed by atoms with van der Waals surface area (Å²) in [4.78, 5) is 14.5. The Kier molecular flexibility index (Phi) is 9.73. The van der Waals surface area contributed by atoms with Crippen LogP contribution in [0.3, 0.4) is 0 Å². The number of carbonyl (C=O) groups is 1. The molecule has 0 aromatic carbocycles. The molecule has 118 valence electrons. The van der Waals surface area contributed by atoms with Crippen molar-refractivity contribution in [1.29, 1.82) is 0 Å². The number of rotatable bonds is 10. The van der Waals surface area contributed by atoms with E-state index in [1.807, 2.05) is 7.05 Å². The van der Waals surface area contributed by atoms with Gasteiger partial charge in [0.2, 0.25) is 5.91 Å². The molecule has 3 heteroatoms. The Hall–Kier alpha value is -0.570. The maximum atomic E-state index is 12.4. The van der Waals surface area contributed by atoms with Gasteiger partial charge in [-0.3, -0.25) is 4.79 Å². The summed E-state index contributed by atoms with van der Waals surface area (Å²) in [5.41, 5.74) is 0. The Bertz CT molecular complexity index is 255. The van der Waals surface area contributed by atoms with Gasteiger partial charge in [0, 0.05) is 19.0 Å². The van der Waals surface area contributed by atoms with Gasteiger partial charge in [-0.1, -0.05) is 39.0 Å². The van der Waals surface area contributed by atoms with E-state index in [-0.39, 0.29) is 0 Å². The molecule has 1 rings (SSSR count). The van der Waals surface area contributed by atoms with Gasteiger partial charge in [0.05, 0.1) is 0 Å². The van der Waals surface area contributed by atoms with Gasteiger partial charge in [0.15, 0.2) is 0 Å². The van der Waals surface area contributed by atoms with E-state index in [2.05, 4.69) is 17.1 Å². The van der Waals surface area contributed by atoms with Crippen LogP contribution in [0.1, 0.15) is 77.6 Å². The second kappa shape index (κ2) is 11.1. The van der Waals surface area contributed by atoms with Crippen LogP contribution in [-0.2, 0) is 4.79 Å². The fourth-order valence-electron chi connectivity index (χ4n) is 3.14. The van der Waals surface area contributed by atoms with E-state index in [1.54, 1.807) is 0 Å². The Labute approximate surface area is 125 Å². The van der Waals surface area contributed by atoms with Crippen LogP contribution in [0, 0.1) is 0 Å². The topological polar surface area (TPSA) is 32.3 Å². The van der Waals surface area contributed by atoms with E-state index in [0.29, 0.717) is 11.9 Å². The number of amides is 1. The number of unbranched alkanes of at least 4 members (excludes halogenated alkanes) is 5. The Morgan fingerprint density at radius 1 is 1.15 bits per heavy atom.